The van der Waals surface area contributed by atoms with E-state index in [-0.39, 0.29) is 24.3 Å². The number of aliphatic imine (C=N–C) groups is 1. The highest BCUT2D eigenvalue weighted by Crippen LogP contribution is 2.20. The Balaban J connectivity index is 1.45. The van der Waals surface area contributed by atoms with Gasteiger partial charge in [-0.05, 0) is 42.1 Å². The lowest BCUT2D eigenvalue weighted by Gasteiger charge is -2.23. The van der Waals surface area contributed by atoms with Crippen LogP contribution in [0.25, 0.3) is 10.9 Å². The highest BCUT2D eigenvalue weighted by molar-refractivity contribution is 5.94. The number of amides is 1. The highest BCUT2D eigenvalue weighted by Gasteiger charge is 2.23. The molecule has 7 nitrogen and oxygen atoms in total. The molecule has 0 aliphatic carbocycles. The van der Waals surface area contributed by atoms with Crippen LogP contribution in [0.5, 0.6) is 0 Å². The van der Waals surface area contributed by atoms with E-state index >= 15 is 0 Å². The monoisotopic (exact) mass is 510 g/mol. The molecule has 1 amide bonds. The number of carbonyl (C=O) groups is 1. The minimum absolute atomic E-state index is 0.0282. The maximum atomic E-state index is 14.6. The molecule has 5 rings (SSSR count). The van der Waals surface area contributed by atoms with Gasteiger partial charge in [0.2, 0.25) is 0 Å². The molecule has 0 aliphatic heterocycles. The van der Waals surface area contributed by atoms with Gasteiger partial charge in [-0.2, -0.15) is 0 Å². The van der Waals surface area contributed by atoms with Gasteiger partial charge >= 0.3 is 0 Å². The third-order valence-electron chi connectivity index (χ3n) is 6.21. The molecule has 2 aromatic heterocycles. The molecule has 0 radical (unpaired) electrons. The van der Waals surface area contributed by atoms with Crippen LogP contribution in [0, 0.1) is 11.6 Å². The van der Waals surface area contributed by atoms with Crippen LogP contribution in [0.3, 0.4) is 0 Å². The Morgan fingerprint density at radius 3 is 2.39 bits per heavy atom. The normalized spacial score (nSPS) is 11.0. The van der Waals surface area contributed by atoms with Gasteiger partial charge in [-0.15, -0.1) is 10.2 Å². The second-order valence-electron chi connectivity index (χ2n) is 8.82. The highest BCUT2D eigenvalue weighted by atomic mass is 19.1. The number of rotatable bonds is 9. The molecule has 0 unspecified atom stereocenters. The van der Waals surface area contributed by atoms with Crippen LogP contribution < -0.4 is 0 Å². The summed E-state index contributed by atoms with van der Waals surface area (Å²) in [6.07, 6.45) is 1.56. The smallest absolute Gasteiger partial charge is 0.273 e. The van der Waals surface area contributed by atoms with E-state index in [4.69, 9.17) is 0 Å². The lowest BCUT2D eigenvalue weighted by molar-refractivity contribution is 0.0714. The number of pyridine rings is 1. The Hall–Kier alpha value is -4.79. The van der Waals surface area contributed by atoms with Crippen molar-refractivity contribution in [3.8, 4) is 0 Å². The zero-order valence-corrected chi connectivity index (χ0v) is 20.5. The Bertz CT molecular complexity index is 1580. The number of hydrogen-bond acceptors (Lipinski definition) is 5. The summed E-state index contributed by atoms with van der Waals surface area (Å²) in [5, 5.41) is 9.10. The molecule has 0 atom stereocenters. The number of aromatic nitrogens is 4. The van der Waals surface area contributed by atoms with Crippen molar-refractivity contribution in [1.82, 2.24) is 24.6 Å². The van der Waals surface area contributed by atoms with Crippen LogP contribution in [0.1, 0.15) is 33.0 Å². The van der Waals surface area contributed by atoms with Crippen LogP contribution >= 0.6 is 0 Å². The Labute approximate surface area is 218 Å². The zero-order valence-electron chi connectivity index (χ0n) is 20.5. The molecule has 0 bridgehead atoms. The molecule has 3 aromatic carbocycles. The van der Waals surface area contributed by atoms with Crippen molar-refractivity contribution in [2.24, 2.45) is 4.99 Å². The van der Waals surface area contributed by atoms with Crippen LogP contribution in [0.15, 0.2) is 90.2 Å². The SMILES string of the molecule is C=NCc1ccc(Cn2cnnc2CN(Cc2c(F)cccc2F)C(=O)c2ccc3ccccc3n2)cc1. The number of hydrogen-bond donors (Lipinski definition) is 0. The molecule has 9 heteroatoms. The maximum absolute atomic E-state index is 14.6. The average Bonchev–Trinajstić information content (AvgIpc) is 3.37. The molecule has 5 aromatic rings. The van der Waals surface area contributed by atoms with E-state index < -0.39 is 17.5 Å². The third kappa shape index (κ3) is 5.46. The Morgan fingerprint density at radius 2 is 1.63 bits per heavy atom. The molecule has 0 spiro atoms. The van der Waals surface area contributed by atoms with Crippen LogP contribution in [0.4, 0.5) is 8.78 Å². The summed E-state index contributed by atoms with van der Waals surface area (Å²) in [5.74, 6) is -1.48. The largest absolute Gasteiger partial charge is 0.325 e. The predicted molar refractivity (Wildman–Crippen MR) is 140 cm³/mol. The van der Waals surface area contributed by atoms with E-state index in [1.165, 1.54) is 23.1 Å². The summed E-state index contributed by atoms with van der Waals surface area (Å²) < 4.78 is 31.0. The molecular weight excluding hydrogens is 486 g/mol. The number of para-hydroxylation sites is 1. The Morgan fingerprint density at radius 1 is 0.895 bits per heavy atom. The van der Waals surface area contributed by atoms with Gasteiger partial charge in [-0.25, -0.2) is 13.8 Å². The van der Waals surface area contributed by atoms with Crippen LogP contribution in [-0.4, -0.2) is 37.3 Å². The van der Waals surface area contributed by atoms with Crippen molar-refractivity contribution in [2.45, 2.75) is 26.2 Å². The molecule has 0 aliphatic rings. The summed E-state index contributed by atoms with van der Waals surface area (Å²) in [7, 11) is 0. The third-order valence-corrected chi connectivity index (χ3v) is 6.21. The minimum atomic E-state index is -0.732. The van der Waals surface area contributed by atoms with Gasteiger partial charge < -0.3 is 9.47 Å². The van der Waals surface area contributed by atoms with Gasteiger partial charge in [-0.3, -0.25) is 9.79 Å². The quantitative estimate of drug-likeness (QED) is 0.256. The van der Waals surface area contributed by atoms with E-state index in [2.05, 4.69) is 26.9 Å². The second kappa shape index (κ2) is 11.1. The minimum Gasteiger partial charge on any atom is -0.325 e. The summed E-state index contributed by atoms with van der Waals surface area (Å²) in [4.78, 5) is 23.4. The van der Waals surface area contributed by atoms with E-state index in [9.17, 15) is 13.6 Å². The van der Waals surface area contributed by atoms with Gasteiger partial charge in [0.05, 0.1) is 31.7 Å². The molecule has 0 N–H and O–H groups in total. The molecule has 0 saturated carbocycles. The predicted octanol–water partition coefficient (Wildman–Crippen LogP) is 5.20. The van der Waals surface area contributed by atoms with E-state index in [0.717, 1.165) is 16.5 Å². The van der Waals surface area contributed by atoms with E-state index in [1.807, 2.05) is 42.5 Å². The van der Waals surface area contributed by atoms with Crippen LogP contribution in [0.2, 0.25) is 0 Å². The number of halogens is 2. The van der Waals surface area contributed by atoms with Gasteiger partial charge in [0, 0.05) is 10.9 Å². The number of benzene rings is 3. The zero-order chi connectivity index (χ0) is 26.5. The number of carbonyl (C=O) groups excluding carboxylic acids is 1. The van der Waals surface area contributed by atoms with Gasteiger partial charge in [0.25, 0.3) is 5.91 Å². The molecule has 0 saturated heterocycles. The van der Waals surface area contributed by atoms with Crippen molar-refractivity contribution < 1.29 is 13.6 Å². The molecule has 0 fully saturated rings. The lowest BCUT2D eigenvalue weighted by Crippen LogP contribution is -2.32. The maximum Gasteiger partial charge on any atom is 0.273 e. The van der Waals surface area contributed by atoms with Crippen LogP contribution in [-0.2, 0) is 26.2 Å². The van der Waals surface area contributed by atoms with Gasteiger partial charge in [-0.1, -0.05) is 54.6 Å². The number of fused-ring (bicyclic) bond motifs is 1. The standard InChI is InChI=1S/C29H24F2N6O/c1-32-15-20-9-11-21(12-10-20)16-37-19-33-35-28(37)18-36(17-23-24(30)6-4-7-25(23)31)29(38)27-14-13-22-5-2-3-8-26(22)34-27/h2-14,19H,1,15-18H2. The first-order chi connectivity index (χ1) is 18.5. The van der Waals surface area contributed by atoms with Gasteiger partial charge in [0.15, 0.2) is 5.82 Å². The number of nitrogens with zero attached hydrogens (tertiary/aromatic N) is 6. The van der Waals surface area contributed by atoms with Crippen molar-refractivity contribution in [3.05, 3.63) is 125 Å². The first kappa shape index (κ1) is 24.9. The fourth-order valence-corrected chi connectivity index (χ4v) is 4.20. The summed E-state index contributed by atoms with van der Waals surface area (Å²) in [5.41, 5.74) is 2.64. The molecular formula is C29H24F2N6O. The first-order valence-electron chi connectivity index (χ1n) is 12.0. The molecule has 190 valence electrons. The Kier molecular flexibility index (Phi) is 7.26. The summed E-state index contributed by atoms with van der Waals surface area (Å²) in [6.45, 7) is 4.17. The van der Waals surface area contributed by atoms with Crippen molar-refractivity contribution in [1.29, 1.82) is 0 Å². The summed E-state index contributed by atoms with van der Waals surface area (Å²) in [6, 6.07) is 22.3. The fourth-order valence-electron chi connectivity index (χ4n) is 4.20. The topological polar surface area (TPSA) is 76.3 Å². The fraction of sp³-hybridized carbons (Fsp3) is 0.138. The summed E-state index contributed by atoms with van der Waals surface area (Å²) >= 11 is 0. The lowest BCUT2D eigenvalue weighted by atomic mass is 10.1. The van der Waals surface area contributed by atoms with E-state index in [1.54, 1.807) is 29.1 Å². The molecule has 2 heterocycles. The average molecular weight is 511 g/mol. The van der Waals surface area contributed by atoms with Crippen molar-refractivity contribution in [3.63, 3.8) is 0 Å². The van der Waals surface area contributed by atoms with Crippen molar-refractivity contribution in [2.75, 3.05) is 0 Å². The first-order valence-corrected chi connectivity index (χ1v) is 12.0. The van der Waals surface area contributed by atoms with E-state index in [0.29, 0.717) is 24.4 Å². The van der Waals surface area contributed by atoms with Crippen molar-refractivity contribution >= 4 is 23.5 Å². The van der Waals surface area contributed by atoms with Gasteiger partial charge in [0.1, 0.15) is 23.7 Å². The molecule has 38 heavy (non-hydrogen) atoms. The second-order valence-corrected chi connectivity index (χ2v) is 8.82.